The molecule has 0 aliphatic rings. The Morgan fingerprint density at radius 2 is 1.89 bits per heavy atom. The molecule has 19 heavy (non-hydrogen) atoms. The zero-order valence-corrected chi connectivity index (χ0v) is 11.7. The predicted molar refractivity (Wildman–Crippen MR) is 78.4 cm³/mol. The van der Waals surface area contributed by atoms with Gasteiger partial charge in [-0.15, -0.1) is 0 Å². The largest absolute Gasteiger partial charge is 0.353 e. The number of nitrogens with zero attached hydrogens (tertiary/aromatic N) is 1. The third kappa shape index (κ3) is 3.71. The van der Waals surface area contributed by atoms with Crippen LogP contribution in [0.25, 0.3) is 0 Å². The van der Waals surface area contributed by atoms with E-state index in [4.69, 9.17) is 0 Å². The van der Waals surface area contributed by atoms with Crippen LogP contribution in [0.4, 0.5) is 5.69 Å². The number of aryl methyl sites for hydroxylation is 4. The first-order chi connectivity index (χ1) is 9.04. The molecule has 0 aliphatic carbocycles. The molecule has 1 aromatic carbocycles. The fourth-order valence-electron chi connectivity index (χ4n) is 2.13. The number of aromatic nitrogens is 1. The standard InChI is InChI=1S/C16H20N2O/c1-12-10-18(11-13(12)2)8-7-15-5-4-6-16(9-15)17-14(3)19/h4-6,9-11H,7-8H2,1-3H3,(H,17,19). The summed E-state index contributed by atoms with van der Waals surface area (Å²) in [5.41, 5.74) is 4.75. The average Bonchev–Trinajstić information content (AvgIpc) is 2.66. The van der Waals surface area contributed by atoms with Crippen LogP contribution in [0.1, 0.15) is 23.6 Å². The van der Waals surface area contributed by atoms with Gasteiger partial charge >= 0.3 is 0 Å². The molecule has 0 spiro atoms. The van der Waals surface area contributed by atoms with Gasteiger partial charge in [0.05, 0.1) is 0 Å². The van der Waals surface area contributed by atoms with Crippen molar-refractivity contribution in [3.63, 3.8) is 0 Å². The van der Waals surface area contributed by atoms with Gasteiger partial charge in [-0.05, 0) is 49.1 Å². The minimum absolute atomic E-state index is 0.0335. The third-order valence-corrected chi connectivity index (χ3v) is 3.25. The molecule has 0 saturated carbocycles. The molecule has 100 valence electrons. The maximum atomic E-state index is 11.0. The molecule has 2 aromatic rings. The van der Waals surface area contributed by atoms with Gasteiger partial charge < -0.3 is 9.88 Å². The van der Waals surface area contributed by atoms with E-state index in [1.807, 2.05) is 18.2 Å². The third-order valence-electron chi connectivity index (χ3n) is 3.25. The van der Waals surface area contributed by atoms with E-state index in [0.29, 0.717) is 0 Å². The lowest BCUT2D eigenvalue weighted by molar-refractivity contribution is -0.114. The number of anilines is 1. The van der Waals surface area contributed by atoms with Crippen LogP contribution < -0.4 is 5.32 Å². The Bertz CT molecular complexity index is 565. The molecule has 1 aromatic heterocycles. The van der Waals surface area contributed by atoms with Gasteiger partial charge in [0.15, 0.2) is 0 Å². The van der Waals surface area contributed by atoms with Crippen molar-refractivity contribution in [2.24, 2.45) is 0 Å². The summed E-state index contributed by atoms with van der Waals surface area (Å²) in [4.78, 5) is 11.0. The first-order valence-corrected chi connectivity index (χ1v) is 6.54. The van der Waals surface area contributed by atoms with Crippen LogP contribution in [0.2, 0.25) is 0 Å². The van der Waals surface area contributed by atoms with Crippen molar-refractivity contribution >= 4 is 11.6 Å². The first-order valence-electron chi connectivity index (χ1n) is 6.54. The van der Waals surface area contributed by atoms with Crippen LogP contribution in [0, 0.1) is 13.8 Å². The van der Waals surface area contributed by atoms with E-state index in [2.05, 4.69) is 42.2 Å². The van der Waals surface area contributed by atoms with Crippen LogP contribution >= 0.6 is 0 Å². The Morgan fingerprint density at radius 1 is 1.21 bits per heavy atom. The molecule has 0 fully saturated rings. The van der Waals surface area contributed by atoms with Crippen LogP contribution in [0.3, 0.4) is 0 Å². The molecule has 0 bridgehead atoms. The highest BCUT2D eigenvalue weighted by atomic mass is 16.1. The Kier molecular flexibility index (Phi) is 4.05. The van der Waals surface area contributed by atoms with Crippen molar-refractivity contribution in [2.45, 2.75) is 33.7 Å². The number of hydrogen-bond acceptors (Lipinski definition) is 1. The predicted octanol–water partition coefficient (Wildman–Crippen LogP) is 3.31. The molecule has 3 nitrogen and oxygen atoms in total. The Hall–Kier alpha value is -2.03. The number of carbonyl (C=O) groups is 1. The monoisotopic (exact) mass is 256 g/mol. The van der Waals surface area contributed by atoms with Crippen molar-refractivity contribution in [3.05, 3.63) is 53.3 Å². The van der Waals surface area contributed by atoms with E-state index in [1.165, 1.54) is 23.6 Å². The molecule has 0 atom stereocenters. The summed E-state index contributed by atoms with van der Waals surface area (Å²) >= 11 is 0. The van der Waals surface area contributed by atoms with Crippen molar-refractivity contribution in [2.75, 3.05) is 5.32 Å². The molecule has 3 heteroatoms. The first kappa shape index (κ1) is 13.4. The van der Waals surface area contributed by atoms with E-state index >= 15 is 0 Å². The van der Waals surface area contributed by atoms with E-state index in [0.717, 1.165) is 18.7 Å². The summed E-state index contributed by atoms with van der Waals surface area (Å²) in [5, 5.41) is 2.81. The molecule has 1 N–H and O–H groups in total. The maximum Gasteiger partial charge on any atom is 0.221 e. The smallest absolute Gasteiger partial charge is 0.221 e. The number of hydrogen-bond donors (Lipinski definition) is 1. The topological polar surface area (TPSA) is 34.0 Å². The quantitative estimate of drug-likeness (QED) is 0.894. The van der Waals surface area contributed by atoms with Crippen molar-refractivity contribution in [1.29, 1.82) is 0 Å². The van der Waals surface area contributed by atoms with E-state index in [-0.39, 0.29) is 5.91 Å². The van der Waals surface area contributed by atoms with E-state index < -0.39 is 0 Å². The van der Waals surface area contributed by atoms with E-state index in [9.17, 15) is 4.79 Å². The molecule has 1 amide bonds. The van der Waals surface area contributed by atoms with Gasteiger partial charge in [-0.3, -0.25) is 4.79 Å². The molecule has 0 unspecified atom stereocenters. The van der Waals surface area contributed by atoms with Crippen LogP contribution in [-0.4, -0.2) is 10.5 Å². The van der Waals surface area contributed by atoms with E-state index in [1.54, 1.807) is 0 Å². The molecule has 1 heterocycles. The second-order valence-corrected chi connectivity index (χ2v) is 4.99. The number of rotatable bonds is 4. The lowest BCUT2D eigenvalue weighted by Crippen LogP contribution is -2.06. The SMILES string of the molecule is CC(=O)Nc1cccc(CCn2cc(C)c(C)c2)c1. The summed E-state index contributed by atoms with van der Waals surface area (Å²) in [6.45, 7) is 6.74. The zero-order valence-electron chi connectivity index (χ0n) is 11.7. The maximum absolute atomic E-state index is 11.0. The Morgan fingerprint density at radius 3 is 2.53 bits per heavy atom. The summed E-state index contributed by atoms with van der Waals surface area (Å²) < 4.78 is 2.22. The number of amides is 1. The van der Waals surface area contributed by atoms with Gasteiger partial charge in [-0.1, -0.05) is 12.1 Å². The zero-order chi connectivity index (χ0) is 13.8. The van der Waals surface area contributed by atoms with Gasteiger partial charge in [0.25, 0.3) is 0 Å². The number of carbonyl (C=O) groups excluding carboxylic acids is 1. The fourth-order valence-corrected chi connectivity index (χ4v) is 2.13. The molecule has 2 rings (SSSR count). The van der Waals surface area contributed by atoms with Gasteiger partial charge in [0.1, 0.15) is 0 Å². The minimum Gasteiger partial charge on any atom is -0.353 e. The van der Waals surface area contributed by atoms with Crippen molar-refractivity contribution < 1.29 is 4.79 Å². The summed E-state index contributed by atoms with van der Waals surface area (Å²) in [5.74, 6) is -0.0335. The Labute approximate surface area is 114 Å². The second-order valence-electron chi connectivity index (χ2n) is 4.99. The summed E-state index contributed by atoms with van der Waals surface area (Å²) in [7, 11) is 0. The average molecular weight is 256 g/mol. The van der Waals surface area contributed by atoms with Crippen molar-refractivity contribution in [1.82, 2.24) is 4.57 Å². The molecule has 0 aliphatic heterocycles. The highest BCUT2D eigenvalue weighted by Gasteiger charge is 2.01. The van der Waals surface area contributed by atoms with Gasteiger partial charge in [0, 0.05) is 31.5 Å². The number of nitrogens with one attached hydrogen (secondary N) is 1. The van der Waals surface area contributed by atoms with Crippen LogP contribution in [-0.2, 0) is 17.8 Å². The summed E-state index contributed by atoms with van der Waals surface area (Å²) in [6.07, 6.45) is 5.31. The molecule has 0 radical (unpaired) electrons. The van der Waals surface area contributed by atoms with Gasteiger partial charge in [-0.2, -0.15) is 0 Å². The molecule has 0 saturated heterocycles. The molecular weight excluding hydrogens is 236 g/mol. The number of benzene rings is 1. The second kappa shape index (κ2) is 5.74. The van der Waals surface area contributed by atoms with Crippen LogP contribution in [0.15, 0.2) is 36.7 Å². The minimum atomic E-state index is -0.0335. The van der Waals surface area contributed by atoms with Gasteiger partial charge in [0.2, 0.25) is 5.91 Å². The highest BCUT2D eigenvalue weighted by molar-refractivity contribution is 5.88. The highest BCUT2D eigenvalue weighted by Crippen LogP contribution is 2.13. The lowest BCUT2D eigenvalue weighted by atomic mass is 10.1. The molecular formula is C16H20N2O. The lowest BCUT2D eigenvalue weighted by Gasteiger charge is -2.06. The van der Waals surface area contributed by atoms with Gasteiger partial charge in [-0.25, -0.2) is 0 Å². The van der Waals surface area contributed by atoms with Crippen molar-refractivity contribution in [3.8, 4) is 0 Å². The van der Waals surface area contributed by atoms with Crippen LogP contribution in [0.5, 0.6) is 0 Å². The normalized spacial score (nSPS) is 10.5. The Balaban J connectivity index is 2.01. The fraction of sp³-hybridized carbons (Fsp3) is 0.312. The summed E-state index contributed by atoms with van der Waals surface area (Å²) in [6, 6.07) is 8.01.